The fourth-order valence-corrected chi connectivity index (χ4v) is 5.54. The summed E-state index contributed by atoms with van der Waals surface area (Å²) in [4.78, 5) is 17.9. The highest BCUT2D eigenvalue weighted by Gasteiger charge is 2.17. The second-order valence-electron chi connectivity index (χ2n) is 7.60. The van der Waals surface area contributed by atoms with Crippen molar-refractivity contribution in [3.8, 4) is 16.3 Å². The minimum Gasteiger partial charge on any atom is -0.497 e. The molecule has 2 aromatic carbocycles. The molecule has 10 heteroatoms. The van der Waals surface area contributed by atoms with E-state index in [1.165, 1.54) is 0 Å². The van der Waals surface area contributed by atoms with Gasteiger partial charge in [-0.05, 0) is 42.8 Å². The van der Waals surface area contributed by atoms with Crippen LogP contribution < -0.4 is 10.3 Å². The van der Waals surface area contributed by atoms with Gasteiger partial charge in [0.2, 0.25) is 5.78 Å². The molecule has 0 bridgehead atoms. The molecule has 0 aliphatic heterocycles. The third-order valence-corrected chi connectivity index (χ3v) is 7.35. The molecule has 0 aliphatic rings. The van der Waals surface area contributed by atoms with Crippen molar-refractivity contribution >= 4 is 39.8 Å². The molecule has 0 saturated heterocycles. The normalized spacial score (nSPS) is 11.5. The number of hydrogen-bond acceptors (Lipinski definition) is 8. The minimum absolute atomic E-state index is 0.0632. The molecule has 0 unspecified atom stereocenters. The molecule has 8 nitrogen and oxygen atoms in total. The van der Waals surface area contributed by atoms with Crippen molar-refractivity contribution in [1.82, 2.24) is 24.1 Å². The maximum Gasteiger partial charge on any atom is 0.262 e. The molecule has 5 rings (SSSR count). The Morgan fingerprint density at radius 1 is 1.06 bits per heavy atom. The van der Waals surface area contributed by atoms with Crippen LogP contribution in [-0.4, -0.2) is 45.0 Å². The van der Waals surface area contributed by atoms with Crippen molar-refractivity contribution in [2.75, 3.05) is 20.8 Å². The zero-order valence-corrected chi connectivity index (χ0v) is 20.4. The zero-order valence-electron chi connectivity index (χ0n) is 18.8. The number of thiazole rings is 1. The molecule has 0 saturated carbocycles. The van der Waals surface area contributed by atoms with Crippen LogP contribution in [0.5, 0.6) is 5.75 Å². The summed E-state index contributed by atoms with van der Waals surface area (Å²) in [6.45, 7) is 1.09. The van der Waals surface area contributed by atoms with Crippen molar-refractivity contribution in [1.29, 1.82) is 0 Å². The summed E-state index contributed by atoms with van der Waals surface area (Å²) in [7, 11) is 3.31. The number of methoxy groups -OCH3 is 2. The zero-order chi connectivity index (χ0) is 23.5. The van der Waals surface area contributed by atoms with E-state index in [-0.39, 0.29) is 5.56 Å². The van der Waals surface area contributed by atoms with Crippen LogP contribution in [0.2, 0.25) is 0 Å². The molecule has 0 spiro atoms. The van der Waals surface area contributed by atoms with Gasteiger partial charge in [-0.2, -0.15) is 0 Å². The van der Waals surface area contributed by atoms with Crippen LogP contribution in [0, 0.1) is 0 Å². The van der Waals surface area contributed by atoms with E-state index in [4.69, 9.17) is 14.5 Å². The number of para-hydroxylation sites is 1. The van der Waals surface area contributed by atoms with Gasteiger partial charge in [-0.15, -0.1) is 21.5 Å². The number of thioether (sulfide) groups is 1. The Bertz CT molecular complexity index is 1490. The largest absolute Gasteiger partial charge is 0.497 e. The molecule has 0 atom stereocenters. The van der Waals surface area contributed by atoms with Gasteiger partial charge in [0.05, 0.1) is 23.7 Å². The SMILES string of the molecule is COCCCn1c(=O)c2ccccc2n2c(SCc3csc(-c4ccc(OC)cc4)n3)nnc12. The third kappa shape index (κ3) is 4.31. The van der Waals surface area contributed by atoms with Gasteiger partial charge in [0.15, 0.2) is 5.16 Å². The van der Waals surface area contributed by atoms with Crippen molar-refractivity contribution in [3.63, 3.8) is 0 Å². The average molecular weight is 494 g/mol. The van der Waals surface area contributed by atoms with Gasteiger partial charge in [-0.3, -0.25) is 13.8 Å². The summed E-state index contributed by atoms with van der Waals surface area (Å²) >= 11 is 3.17. The summed E-state index contributed by atoms with van der Waals surface area (Å²) in [6, 6.07) is 15.5. The van der Waals surface area contributed by atoms with Crippen LogP contribution in [0.25, 0.3) is 27.3 Å². The van der Waals surface area contributed by atoms with E-state index in [1.54, 1.807) is 41.9 Å². The maximum absolute atomic E-state index is 13.1. The summed E-state index contributed by atoms with van der Waals surface area (Å²) in [6.07, 6.45) is 0.715. The molecule has 5 aromatic rings. The molecule has 3 aromatic heterocycles. The lowest BCUT2D eigenvalue weighted by Crippen LogP contribution is -2.24. The first-order valence-electron chi connectivity index (χ1n) is 10.8. The topological polar surface area (TPSA) is 83.5 Å². The van der Waals surface area contributed by atoms with Crippen LogP contribution in [0.4, 0.5) is 0 Å². The number of fused-ring (bicyclic) bond motifs is 3. The fraction of sp³-hybridized carbons (Fsp3) is 0.250. The quantitative estimate of drug-likeness (QED) is 0.221. The Morgan fingerprint density at radius 3 is 2.68 bits per heavy atom. The van der Waals surface area contributed by atoms with Gasteiger partial charge in [0, 0.05) is 37.0 Å². The number of benzene rings is 2. The minimum atomic E-state index is -0.0632. The maximum atomic E-state index is 13.1. The predicted molar refractivity (Wildman–Crippen MR) is 135 cm³/mol. The van der Waals surface area contributed by atoms with Gasteiger partial charge in [-0.1, -0.05) is 23.9 Å². The number of aryl methyl sites for hydroxylation is 1. The van der Waals surface area contributed by atoms with Crippen molar-refractivity contribution in [2.45, 2.75) is 23.9 Å². The highest BCUT2D eigenvalue weighted by Crippen LogP contribution is 2.29. The Labute approximate surface area is 204 Å². The van der Waals surface area contributed by atoms with E-state index in [9.17, 15) is 4.79 Å². The number of aromatic nitrogens is 5. The van der Waals surface area contributed by atoms with Gasteiger partial charge in [0.1, 0.15) is 10.8 Å². The monoisotopic (exact) mass is 493 g/mol. The van der Waals surface area contributed by atoms with Crippen LogP contribution in [0.3, 0.4) is 0 Å². The summed E-state index contributed by atoms with van der Waals surface area (Å²) in [5.41, 5.74) is 2.76. The van der Waals surface area contributed by atoms with Crippen LogP contribution in [0.15, 0.2) is 63.9 Å². The van der Waals surface area contributed by atoms with Gasteiger partial charge in [0.25, 0.3) is 5.56 Å². The van der Waals surface area contributed by atoms with E-state index in [1.807, 2.05) is 52.9 Å². The van der Waals surface area contributed by atoms with Crippen LogP contribution in [0.1, 0.15) is 12.1 Å². The van der Waals surface area contributed by atoms with Gasteiger partial charge >= 0.3 is 0 Å². The highest BCUT2D eigenvalue weighted by molar-refractivity contribution is 7.98. The molecule has 0 aliphatic carbocycles. The van der Waals surface area contributed by atoms with Gasteiger partial charge < -0.3 is 9.47 Å². The molecule has 174 valence electrons. The van der Waals surface area contributed by atoms with E-state index >= 15 is 0 Å². The first-order chi connectivity index (χ1) is 16.7. The van der Waals surface area contributed by atoms with E-state index in [0.29, 0.717) is 36.5 Å². The van der Waals surface area contributed by atoms with E-state index < -0.39 is 0 Å². The summed E-state index contributed by atoms with van der Waals surface area (Å²) in [5, 5.41) is 13.2. The van der Waals surface area contributed by atoms with Crippen LogP contribution in [-0.2, 0) is 17.0 Å². The first-order valence-corrected chi connectivity index (χ1v) is 12.6. The second kappa shape index (κ2) is 9.96. The lowest BCUT2D eigenvalue weighted by atomic mass is 10.2. The number of nitrogens with zero attached hydrogens (tertiary/aromatic N) is 5. The molecular weight excluding hydrogens is 470 g/mol. The third-order valence-electron chi connectivity index (χ3n) is 5.45. The number of rotatable bonds is 9. The molecule has 34 heavy (non-hydrogen) atoms. The molecular formula is C24H23N5O3S2. The Morgan fingerprint density at radius 2 is 1.88 bits per heavy atom. The predicted octanol–water partition coefficient (Wildman–Crippen LogP) is 4.51. The first kappa shape index (κ1) is 22.6. The number of ether oxygens (including phenoxy) is 2. The fourth-order valence-electron chi connectivity index (χ4n) is 3.77. The van der Waals surface area contributed by atoms with Crippen LogP contribution >= 0.6 is 23.1 Å². The Balaban J connectivity index is 1.44. The molecule has 0 N–H and O–H groups in total. The lowest BCUT2D eigenvalue weighted by Gasteiger charge is -2.11. The van der Waals surface area contributed by atoms with Crippen molar-refractivity contribution < 1.29 is 9.47 Å². The van der Waals surface area contributed by atoms with Gasteiger partial charge in [-0.25, -0.2) is 4.98 Å². The highest BCUT2D eigenvalue weighted by atomic mass is 32.2. The second-order valence-corrected chi connectivity index (χ2v) is 9.40. The average Bonchev–Trinajstić information content (AvgIpc) is 3.52. The van der Waals surface area contributed by atoms with E-state index in [0.717, 1.165) is 32.7 Å². The smallest absolute Gasteiger partial charge is 0.262 e. The van der Waals surface area contributed by atoms with Crippen molar-refractivity contribution in [2.24, 2.45) is 0 Å². The molecule has 0 amide bonds. The number of hydrogen-bond donors (Lipinski definition) is 0. The molecule has 0 fully saturated rings. The Hall–Kier alpha value is -3.21. The molecule has 3 heterocycles. The van der Waals surface area contributed by atoms with Crippen molar-refractivity contribution in [3.05, 3.63) is 70.0 Å². The lowest BCUT2D eigenvalue weighted by molar-refractivity contribution is 0.190. The summed E-state index contributed by atoms with van der Waals surface area (Å²) in [5.74, 6) is 2.01. The Kier molecular flexibility index (Phi) is 6.61. The molecule has 0 radical (unpaired) electrons. The standard InChI is InChI=1S/C24H23N5O3S2/c1-31-13-5-12-28-22(30)19-6-3-4-7-20(19)29-23(28)26-27-24(29)34-15-17-14-33-21(25-17)16-8-10-18(32-2)11-9-16/h3-4,6-11,14H,5,12-13,15H2,1-2H3. The summed E-state index contributed by atoms with van der Waals surface area (Å²) < 4.78 is 14.0. The van der Waals surface area contributed by atoms with E-state index in [2.05, 4.69) is 15.6 Å².